The second kappa shape index (κ2) is 9.23. The standard InChI is InChI=1S/C22H26Cl3N4/c23-18-7-8-19-9-10-26-29(19,17-18)16-3-1-2-11-27-12-14-28(15-13-27)21-6-4-5-20(24)22(21)25/h4-10,17H,1-3,11-16H2/q+1. The molecule has 0 radical (unpaired) electrons. The highest BCUT2D eigenvalue weighted by molar-refractivity contribution is 6.43. The number of piperazine rings is 1. The minimum absolute atomic E-state index is 0.522. The van der Waals surface area contributed by atoms with Crippen molar-refractivity contribution in [2.45, 2.75) is 19.3 Å². The summed E-state index contributed by atoms with van der Waals surface area (Å²) < 4.78 is 0.522. The van der Waals surface area contributed by atoms with Gasteiger partial charge in [-0.2, -0.15) is 0 Å². The second-order valence-corrected chi connectivity index (χ2v) is 8.94. The Morgan fingerprint density at radius 2 is 1.79 bits per heavy atom. The van der Waals surface area contributed by atoms with E-state index in [0.29, 0.717) is 14.6 Å². The maximum atomic E-state index is 6.37. The van der Waals surface area contributed by atoms with E-state index in [4.69, 9.17) is 34.8 Å². The smallest absolute Gasteiger partial charge is 0.165 e. The molecule has 4 nitrogen and oxygen atoms in total. The molecule has 0 bridgehead atoms. The molecule has 1 fully saturated rings. The van der Waals surface area contributed by atoms with Gasteiger partial charge in [0.15, 0.2) is 5.70 Å². The van der Waals surface area contributed by atoms with Crippen LogP contribution in [0.5, 0.6) is 0 Å². The molecule has 0 aliphatic carbocycles. The zero-order valence-corrected chi connectivity index (χ0v) is 18.7. The number of fused-ring (bicyclic) bond motifs is 1. The predicted octanol–water partition coefficient (Wildman–Crippen LogP) is 5.64. The number of quaternary nitrogens is 1. The lowest BCUT2D eigenvalue weighted by Crippen LogP contribution is -2.46. The third-order valence-corrected chi connectivity index (χ3v) is 6.87. The molecule has 1 aromatic rings. The average molecular weight is 453 g/mol. The summed E-state index contributed by atoms with van der Waals surface area (Å²) in [6, 6.07) is 5.86. The highest BCUT2D eigenvalue weighted by atomic mass is 35.5. The molecule has 1 aromatic carbocycles. The maximum Gasteiger partial charge on any atom is 0.165 e. The third kappa shape index (κ3) is 4.73. The van der Waals surface area contributed by atoms with Crippen molar-refractivity contribution in [3.05, 3.63) is 63.4 Å². The Labute approximate surface area is 187 Å². The molecule has 1 atom stereocenters. The quantitative estimate of drug-likeness (QED) is 0.394. The largest absolute Gasteiger partial charge is 0.368 e. The summed E-state index contributed by atoms with van der Waals surface area (Å²) in [5, 5.41) is 6.70. The third-order valence-electron chi connectivity index (χ3n) is 5.83. The molecule has 0 aromatic heterocycles. The summed E-state index contributed by atoms with van der Waals surface area (Å²) in [4.78, 5) is 4.88. The predicted molar refractivity (Wildman–Crippen MR) is 124 cm³/mol. The van der Waals surface area contributed by atoms with Crippen LogP contribution in [0, 0.1) is 0 Å². The maximum absolute atomic E-state index is 6.37. The van der Waals surface area contributed by atoms with E-state index in [9.17, 15) is 0 Å². The number of hydrogen-bond donors (Lipinski definition) is 0. The van der Waals surface area contributed by atoms with Crippen molar-refractivity contribution in [1.82, 2.24) is 4.90 Å². The van der Waals surface area contributed by atoms with Crippen LogP contribution >= 0.6 is 34.8 Å². The van der Waals surface area contributed by atoms with Gasteiger partial charge in [0.2, 0.25) is 0 Å². The lowest BCUT2D eigenvalue weighted by Gasteiger charge is -2.36. The van der Waals surface area contributed by atoms with Crippen LogP contribution in [0.1, 0.15) is 19.3 Å². The number of nitrogens with zero attached hydrogens (tertiary/aromatic N) is 4. The molecule has 29 heavy (non-hydrogen) atoms. The van der Waals surface area contributed by atoms with Crippen molar-refractivity contribution >= 4 is 46.7 Å². The molecule has 4 rings (SSSR count). The zero-order valence-electron chi connectivity index (χ0n) is 16.4. The van der Waals surface area contributed by atoms with E-state index in [1.165, 1.54) is 18.5 Å². The lowest BCUT2D eigenvalue weighted by atomic mass is 10.1. The van der Waals surface area contributed by atoms with Crippen LogP contribution in [-0.4, -0.2) is 55.0 Å². The number of unbranched alkanes of at least 4 members (excludes halogenated alkanes) is 2. The van der Waals surface area contributed by atoms with Crippen molar-refractivity contribution in [2.24, 2.45) is 5.10 Å². The van der Waals surface area contributed by atoms with Gasteiger partial charge in [0.1, 0.15) is 12.7 Å². The van der Waals surface area contributed by atoms with Gasteiger partial charge in [-0.05, 0) is 44.0 Å². The van der Waals surface area contributed by atoms with Crippen LogP contribution < -0.4 is 4.90 Å². The summed E-state index contributed by atoms with van der Waals surface area (Å²) in [7, 11) is 0. The number of allylic oxidation sites excluding steroid dienone is 4. The lowest BCUT2D eigenvalue weighted by molar-refractivity contribution is -0.843. The number of benzene rings is 1. The van der Waals surface area contributed by atoms with Gasteiger partial charge in [0.05, 0.1) is 27.0 Å². The average Bonchev–Trinajstić information content (AvgIpc) is 3.13. The van der Waals surface area contributed by atoms with Crippen molar-refractivity contribution in [3.63, 3.8) is 0 Å². The molecule has 154 valence electrons. The van der Waals surface area contributed by atoms with E-state index in [0.717, 1.165) is 56.4 Å². The molecule has 3 aliphatic rings. The van der Waals surface area contributed by atoms with Crippen molar-refractivity contribution in [1.29, 1.82) is 0 Å². The molecule has 1 saturated heterocycles. The molecule has 0 amide bonds. The van der Waals surface area contributed by atoms with Gasteiger partial charge >= 0.3 is 0 Å². The van der Waals surface area contributed by atoms with Crippen molar-refractivity contribution < 1.29 is 4.59 Å². The van der Waals surface area contributed by atoms with Crippen LogP contribution in [0.15, 0.2) is 58.5 Å². The van der Waals surface area contributed by atoms with E-state index in [1.807, 2.05) is 30.6 Å². The summed E-state index contributed by atoms with van der Waals surface area (Å²) in [6.07, 6.45) is 13.5. The van der Waals surface area contributed by atoms with Crippen LogP contribution in [0.4, 0.5) is 5.69 Å². The Bertz CT molecular complexity index is 869. The Balaban J connectivity index is 1.18. The Morgan fingerprint density at radius 1 is 0.966 bits per heavy atom. The monoisotopic (exact) mass is 451 g/mol. The number of rotatable bonds is 7. The SMILES string of the molecule is ClC1=C[N+]2(CCCCCN3CCN(c4cccc(Cl)c4Cl)CC3)N=CC=C2C=C1. The topological polar surface area (TPSA) is 18.8 Å². The van der Waals surface area contributed by atoms with E-state index in [-0.39, 0.29) is 0 Å². The molecule has 3 aliphatic heterocycles. The summed E-state index contributed by atoms with van der Waals surface area (Å²) in [6.45, 7) is 6.19. The van der Waals surface area contributed by atoms with Crippen LogP contribution in [-0.2, 0) is 0 Å². The van der Waals surface area contributed by atoms with Gasteiger partial charge in [0.25, 0.3) is 0 Å². The van der Waals surface area contributed by atoms with Gasteiger partial charge in [-0.25, -0.2) is 0 Å². The van der Waals surface area contributed by atoms with E-state index >= 15 is 0 Å². The number of hydrogen-bond acceptors (Lipinski definition) is 3. The van der Waals surface area contributed by atoms with E-state index in [2.05, 4.69) is 33.1 Å². The minimum atomic E-state index is 0.522. The molecule has 0 saturated carbocycles. The first-order valence-corrected chi connectivity index (χ1v) is 11.3. The fourth-order valence-electron chi connectivity index (χ4n) is 4.19. The summed E-state index contributed by atoms with van der Waals surface area (Å²) >= 11 is 18.8. The van der Waals surface area contributed by atoms with Gasteiger partial charge in [-0.3, -0.25) is 4.90 Å². The van der Waals surface area contributed by atoms with Gasteiger partial charge in [0, 0.05) is 38.3 Å². The molecular weight excluding hydrogens is 427 g/mol. The first kappa shape index (κ1) is 21.0. The Hall–Kier alpha value is -1.30. The summed E-state index contributed by atoms with van der Waals surface area (Å²) in [5.74, 6) is 0. The highest BCUT2D eigenvalue weighted by Crippen LogP contribution is 2.33. The fourth-order valence-corrected chi connectivity index (χ4v) is 4.83. The summed E-state index contributed by atoms with van der Waals surface area (Å²) in [5.41, 5.74) is 2.25. The highest BCUT2D eigenvalue weighted by Gasteiger charge is 2.34. The first-order chi connectivity index (χ1) is 14.1. The molecule has 3 heterocycles. The van der Waals surface area contributed by atoms with Gasteiger partial charge < -0.3 is 4.90 Å². The molecular formula is C22H26Cl3N4+. The second-order valence-electron chi connectivity index (χ2n) is 7.72. The van der Waals surface area contributed by atoms with Gasteiger partial charge in [-0.15, -0.1) is 4.59 Å². The Kier molecular flexibility index (Phi) is 6.67. The Morgan fingerprint density at radius 3 is 2.62 bits per heavy atom. The van der Waals surface area contributed by atoms with Crippen LogP contribution in [0.3, 0.4) is 0 Å². The first-order valence-electron chi connectivity index (χ1n) is 10.2. The van der Waals surface area contributed by atoms with Crippen LogP contribution in [0.25, 0.3) is 0 Å². The normalized spacial score (nSPS) is 23.9. The van der Waals surface area contributed by atoms with Gasteiger partial charge in [-0.1, -0.05) is 46.0 Å². The molecule has 0 spiro atoms. The van der Waals surface area contributed by atoms with E-state index in [1.54, 1.807) is 0 Å². The van der Waals surface area contributed by atoms with Crippen molar-refractivity contribution in [3.8, 4) is 0 Å². The molecule has 7 heteroatoms. The van der Waals surface area contributed by atoms with Crippen LogP contribution in [0.2, 0.25) is 10.0 Å². The minimum Gasteiger partial charge on any atom is -0.368 e. The fraction of sp³-hybridized carbons (Fsp3) is 0.409. The van der Waals surface area contributed by atoms with E-state index < -0.39 is 0 Å². The van der Waals surface area contributed by atoms with Crippen molar-refractivity contribution in [2.75, 3.05) is 44.2 Å². The number of halogens is 3. The molecule has 1 unspecified atom stereocenters. The number of anilines is 1. The zero-order chi connectivity index (χ0) is 20.3. The molecule has 0 N–H and O–H groups in total.